The quantitative estimate of drug-likeness (QED) is 0.218. The lowest BCUT2D eigenvalue weighted by Gasteiger charge is -2.22. The van der Waals surface area contributed by atoms with Crippen LogP contribution in [0.15, 0.2) is 83.0 Å². The first-order valence-corrected chi connectivity index (χ1v) is 14.1. The number of anilines is 1. The topological polar surface area (TPSA) is 85.0 Å². The Balaban J connectivity index is 1.22. The fraction of sp³-hybridized carbons (Fsp3) is 0.233. The van der Waals surface area contributed by atoms with Gasteiger partial charge in [-0.2, -0.15) is 4.99 Å². The van der Waals surface area contributed by atoms with Crippen molar-refractivity contribution in [2.24, 2.45) is 9.98 Å². The number of aliphatic imine (C=N–C) groups is 2. The number of alkyl halides is 3. The third-order valence-corrected chi connectivity index (χ3v) is 7.56. The van der Waals surface area contributed by atoms with Crippen LogP contribution in [0.5, 0.6) is 5.75 Å². The molecule has 3 aromatic carbocycles. The molecule has 1 saturated heterocycles. The summed E-state index contributed by atoms with van der Waals surface area (Å²) < 4.78 is 42.6. The van der Waals surface area contributed by atoms with E-state index >= 15 is 0 Å². The SMILES string of the molecule is Cc1cccc(C)c1N1CCSC1=NC(=O)N=CC(C)c1ccc(-c2ncn(-c3ccc(OC(F)(F)F)cc3)n2)cc1. The third-order valence-electron chi connectivity index (χ3n) is 6.61. The molecule has 216 valence electrons. The number of carbonyl (C=O) groups excluding carboxylic acids is 1. The Morgan fingerprint density at radius 2 is 1.74 bits per heavy atom. The maximum atomic E-state index is 12.6. The highest BCUT2D eigenvalue weighted by atomic mass is 32.2. The minimum atomic E-state index is -4.75. The third kappa shape index (κ3) is 6.88. The molecule has 0 radical (unpaired) electrons. The maximum absolute atomic E-state index is 12.6. The molecule has 1 aliphatic rings. The number of halogens is 3. The zero-order valence-electron chi connectivity index (χ0n) is 23.0. The van der Waals surface area contributed by atoms with E-state index in [9.17, 15) is 18.0 Å². The first kappa shape index (κ1) is 29.1. The van der Waals surface area contributed by atoms with Gasteiger partial charge in [0.15, 0.2) is 11.0 Å². The summed E-state index contributed by atoms with van der Waals surface area (Å²) in [6, 6.07) is 18.5. The lowest BCUT2D eigenvalue weighted by atomic mass is 10.0. The number of aryl methyl sites for hydroxylation is 2. The minimum absolute atomic E-state index is 0.142. The Bertz CT molecular complexity index is 1610. The number of benzene rings is 3. The first-order chi connectivity index (χ1) is 20.1. The molecule has 1 aromatic heterocycles. The lowest BCUT2D eigenvalue weighted by molar-refractivity contribution is -0.274. The van der Waals surface area contributed by atoms with E-state index < -0.39 is 12.4 Å². The van der Waals surface area contributed by atoms with Crippen LogP contribution >= 0.6 is 11.8 Å². The number of para-hydroxylation sites is 1. The highest BCUT2D eigenvalue weighted by Gasteiger charge is 2.31. The number of rotatable bonds is 6. The maximum Gasteiger partial charge on any atom is 0.573 e. The van der Waals surface area contributed by atoms with Crippen molar-refractivity contribution in [3.8, 4) is 22.8 Å². The largest absolute Gasteiger partial charge is 0.573 e. The monoisotopic (exact) mass is 592 g/mol. The van der Waals surface area contributed by atoms with Crippen LogP contribution in [0.2, 0.25) is 0 Å². The Morgan fingerprint density at radius 3 is 2.40 bits per heavy atom. The summed E-state index contributed by atoms with van der Waals surface area (Å²) in [5, 5.41) is 5.08. The van der Waals surface area contributed by atoms with Crippen LogP contribution in [0.4, 0.5) is 23.7 Å². The molecule has 42 heavy (non-hydrogen) atoms. The van der Waals surface area contributed by atoms with Gasteiger partial charge in [-0.15, -0.1) is 18.3 Å². The molecule has 0 N–H and O–H groups in total. The van der Waals surface area contributed by atoms with Gasteiger partial charge in [-0.1, -0.05) is 61.2 Å². The number of aromatic nitrogens is 3. The smallest absolute Gasteiger partial charge is 0.406 e. The Morgan fingerprint density at radius 1 is 1.05 bits per heavy atom. The Labute approximate surface area is 245 Å². The predicted octanol–water partition coefficient (Wildman–Crippen LogP) is 7.35. The number of amides is 2. The van der Waals surface area contributed by atoms with Gasteiger partial charge in [-0.3, -0.25) is 0 Å². The van der Waals surface area contributed by atoms with Gasteiger partial charge in [-0.25, -0.2) is 19.5 Å². The minimum Gasteiger partial charge on any atom is -0.406 e. The second-order valence-corrected chi connectivity index (χ2v) is 10.7. The number of hydrogen-bond acceptors (Lipinski definition) is 5. The van der Waals surface area contributed by atoms with Crippen molar-refractivity contribution in [3.05, 3.63) is 89.7 Å². The van der Waals surface area contributed by atoms with E-state index in [4.69, 9.17) is 0 Å². The van der Waals surface area contributed by atoms with E-state index in [1.54, 1.807) is 18.0 Å². The molecule has 12 heteroatoms. The van der Waals surface area contributed by atoms with Crippen molar-refractivity contribution in [1.82, 2.24) is 14.8 Å². The van der Waals surface area contributed by atoms with Crippen LogP contribution in [0, 0.1) is 13.8 Å². The molecule has 0 aliphatic carbocycles. The van der Waals surface area contributed by atoms with Gasteiger partial charge < -0.3 is 9.64 Å². The molecule has 5 rings (SSSR count). The fourth-order valence-electron chi connectivity index (χ4n) is 4.56. The van der Waals surface area contributed by atoms with E-state index in [1.807, 2.05) is 37.3 Å². The van der Waals surface area contributed by atoms with Gasteiger partial charge in [0.1, 0.15) is 12.1 Å². The molecule has 4 aromatic rings. The fourth-order valence-corrected chi connectivity index (χ4v) is 5.50. The van der Waals surface area contributed by atoms with Crippen LogP contribution in [-0.4, -0.2) is 50.8 Å². The summed E-state index contributed by atoms with van der Waals surface area (Å²) in [7, 11) is 0. The normalized spacial score (nSPS) is 15.5. The molecule has 2 amide bonds. The van der Waals surface area contributed by atoms with Crippen LogP contribution in [-0.2, 0) is 0 Å². The van der Waals surface area contributed by atoms with Gasteiger partial charge in [-0.05, 0) is 54.8 Å². The summed E-state index contributed by atoms with van der Waals surface area (Å²) >= 11 is 1.54. The highest BCUT2D eigenvalue weighted by molar-refractivity contribution is 8.14. The summed E-state index contributed by atoms with van der Waals surface area (Å²) in [4.78, 5) is 27.4. The van der Waals surface area contributed by atoms with Crippen LogP contribution in [0.25, 0.3) is 17.1 Å². The van der Waals surface area contributed by atoms with Crippen molar-refractivity contribution in [2.75, 3.05) is 17.2 Å². The number of hydrogen-bond donors (Lipinski definition) is 0. The van der Waals surface area contributed by atoms with Crippen molar-refractivity contribution in [3.63, 3.8) is 0 Å². The first-order valence-electron chi connectivity index (χ1n) is 13.1. The summed E-state index contributed by atoms with van der Waals surface area (Å²) in [6.07, 6.45) is -1.68. The number of amidine groups is 1. The molecule has 1 atom stereocenters. The second-order valence-electron chi connectivity index (χ2n) is 9.66. The summed E-state index contributed by atoms with van der Waals surface area (Å²) in [5.41, 5.74) is 5.58. The average molecular weight is 593 g/mol. The second kappa shape index (κ2) is 12.2. The van der Waals surface area contributed by atoms with Gasteiger partial charge in [0.25, 0.3) is 0 Å². The molecular formula is C30H27F3N6O2S. The van der Waals surface area contributed by atoms with Gasteiger partial charge in [0.2, 0.25) is 0 Å². The van der Waals surface area contributed by atoms with Crippen LogP contribution in [0.1, 0.15) is 29.5 Å². The van der Waals surface area contributed by atoms with E-state index in [2.05, 4.69) is 55.7 Å². The van der Waals surface area contributed by atoms with Crippen molar-refractivity contribution >= 4 is 34.9 Å². The molecule has 0 bridgehead atoms. The van der Waals surface area contributed by atoms with E-state index in [-0.39, 0.29) is 11.7 Å². The van der Waals surface area contributed by atoms with Crippen molar-refractivity contribution < 1.29 is 22.7 Å². The van der Waals surface area contributed by atoms with Gasteiger partial charge >= 0.3 is 12.4 Å². The van der Waals surface area contributed by atoms with E-state index in [0.29, 0.717) is 16.7 Å². The van der Waals surface area contributed by atoms with Crippen LogP contribution < -0.4 is 9.64 Å². The standard InChI is InChI=1S/C30H27F3N6O2S/c1-19-5-4-6-20(2)26(19)38-15-16-42-29(38)36-28(40)34-17-21(3)22-7-9-23(10-8-22)27-35-18-39(37-27)24-11-13-25(14-12-24)41-30(31,32)33/h4-14,17-18,21H,15-16H2,1-3H3. The number of carbonyl (C=O) groups is 1. The molecule has 0 saturated carbocycles. The highest BCUT2D eigenvalue weighted by Crippen LogP contribution is 2.31. The summed E-state index contributed by atoms with van der Waals surface area (Å²) in [6.45, 7) is 6.82. The molecule has 8 nitrogen and oxygen atoms in total. The van der Waals surface area contributed by atoms with Crippen molar-refractivity contribution in [1.29, 1.82) is 0 Å². The number of urea groups is 1. The van der Waals surface area contributed by atoms with Crippen molar-refractivity contribution in [2.45, 2.75) is 33.1 Å². The van der Waals surface area contributed by atoms with Crippen LogP contribution in [0.3, 0.4) is 0 Å². The van der Waals surface area contributed by atoms with E-state index in [1.165, 1.54) is 35.3 Å². The zero-order chi connectivity index (χ0) is 29.9. The Kier molecular flexibility index (Phi) is 8.44. The number of nitrogens with zero attached hydrogens (tertiary/aromatic N) is 6. The molecule has 0 spiro atoms. The zero-order valence-corrected chi connectivity index (χ0v) is 23.9. The average Bonchev–Trinajstić information content (AvgIpc) is 3.62. The van der Waals surface area contributed by atoms with E-state index in [0.717, 1.165) is 40.2 Å². The molecule has 1 aliphatic heterocycles. The lowest BCUT2D eigenvalue weighted by Crippen LogP contribution is -2.26. The molecular weight excluding hydrogens is 565 g/mol. The molecule has 1 unspecified atom stereocenters. The van der Waals surface area contributed by atoms with Gasteiger partial charge in [0, 0.05) is 35.7 Å². The molecule has 1 fully saturated rings. The summed E-state index contributed by atoms with van der Waals surface area (Å²) in [5.74, 6) is 0.845. The Hall–Kier alpha value is -4.45. The van der Waals surface area contributed by atoms with Gasteiger partial charge in [0.05, 0.1) is 5.69 Å². The number of thioether (sulfide) groups is 1. The predicted molar refractivity (Wildman–Crippen MR) is 159 cm³/mol. The molecule has 2 heterocycles. The number of ether oxygens (including phenoxy) is 1.